The van der Waals surface area contributed by atoms with Gasteiger partial charge in [0, 0.05) is 36.9 Å². The average molecular weight is 261 g/mol. The van der Waals surface area contributed by atoms with E-state index in [4.69, 9.17) is 0 Å². The van der Waals surface area contributed by atoms with Crippen LogP contribution in [0.2, 0.25) is 0 Å². The van der Waals surface area contributed by atoms with Crippen LogP contribution in [0, 0.1) is 5.92 Å². The summed E-state index contributed by atoms with van der Waals surface area (Å²) in [6, 6.07) is 4.23. The third kappa shape index (κ3) is 4.50. The Kier molecular flexibility index (Phi) is 4.46. The van der Waals surface area contributed by atoms with Crippen LogP contribution in [-0.4, -0.2) is 23.6 Å². The zero-order valence-electron chi connectivity index (χ0n) is 12.7. The molecule has 0 aliphatic heterocycles. The minimum absolute atomic E-state index is 0.140. The van der Waals surface area contributed by atoms with Crippen molar-refractivity contribution in [3.8, 4) is 0 Å². The summed E-state index contributed by atoms with van der Waals surface area (Å²) in [5.74, 6) is 2.05. The molecule has 0 atom stereocenters. The van der Waals surface area contributed by atoms with Crippen LogP contribution in [0.4, 0.5) is 5.82 Å². The van der Waals surface area contributed by atoms with Gasteiger partial charge in [-0.3, -0.25) is 0 Å². The molecule has 0 aromatic carbocycles. The highest BCUT2D eigenvalue weighted by atomic mass is 15.2. The summed E-state index contributed by atoms with van der Waals surface area (Å²) in [6.07, 6.45) is 4.68. The van der Waals surface area contributed by atoms with E-state index in [0.29, 0.717) is 0 Å². The van der Waals surface area contributed by atoms with E-state index in [1.54, 1.807) is 0 Å². The molecule has 3 heteroatoms. The molecule has 1 saturated carbocycles. The number of nitrogens with zero attached hydrogens (tertiary/aromatic N) is 2. The highest BCUT2D eigenvalue weighted by molar-refractivity contribution is 5.46. The number of hydrogen-bond donors (Lipinski definition) is 1. The number of aromatic nitrogens is 1. The van der Waals surface area contributed by atoms with Crippen molar-refractivity contribution in [1.82, 2.24) is 10.3 Å². The maximum absolute atomic E-state index is 4.62. The van der Waals surface area contributed by atoms with Crippen molar-refractivity contribution in [3.63, 3.8) is 0 Å². The zero-order chi connectivity index (χ0) is 13.9. The smallest absolute Gasteiger partial charge is 0.133 e. The lowest BCUT2D eigenvalue weighted by Gasteiger charge is -2.26. The molecule has 0 radical (unpaired) electrons. The SMILES string of the molecule is CCN(CC1CC1)c1ncccc1CNC(C)(C)C. The molecular formula is C16H27N3. The number of nitrogens with one attached hydrogen (secondary N) is 1. The summed E-state index contributed by atoms with van der Waals surface area (Å²) in [5.41, 5.74) is 1.45. The van der Waals surface area contributed by atoms with Gasteiger partial charge in [-0.25, -0.2) is 4.98 Å². The van der Waals surface area contributed by atoms with Crippen LogP contribution in [0.1, 0.15) is 46.1 Å². The van der Waals surface area contributed by atoms with Crippen molar-refractivity contribution < 1.29 is 0 Å². The lowest BCUT2D eigenvalue weighted by Crippen LogP contribution is -2.36. The molecule has 0 unspecified atom stereocenters. The lowest BCUT2D eigenvalue weighted by molar-refractivity contribution is 0.424. The lowest BCUT2D eigenvalue weighted by atomic mass is 10.1. The Balaban J connectivity index is 2.09. The van der Waals surface area contributed by atoms with E-state index < -0.39 is 0 Å². The second kappa shape index (κ2) is 5.91. The Bertz CT molecular complexity index is 405. The van der Waals surface area contributed by atoms with Gasteiger partial charge in [0.15, 0.2) is 0 Å². The first-order valence-electron chi connectivity index (χ1n) is 7.43. The van der Waals surface area contributed by atoms with Crippen molar-refractivity contribution in [1.29, 1.82) is 0 Å². The average Bonchev–Trinajstić information content (AvgIpc) is 3.17. The molecule has 106 valence electrons. The van der Waals surface area contributed by atoms with E-state index in [1.165, 1.54) is 18.4 Å². The van der Waals surface area contributed by atoms with Gasteiger partial charge in [-0.2, -0.15) is 0 Å². The molecule has 1 N–H and O–H groups in total. The van der Waals surface area contributed by atoms with Gasteiger partial charge in [-0.05, 0) is 52.5 Å². The fourth-order valence-corrected chi connectivity index (χ4v) is 2.19. The van der Waals surface area contributed by atoms with Crippen molar-refractivity contribution in [3.05, 3.63) is 23.9 Å². The fraction of sp³-hybridized carbons (Fsp3) is 0.688. The van der Waals surface area contributed by atoms with Gasteiger partial charge >= 0.3 is 0 Å². The molecular weight excluding hydrogens is 234 g/mol. The third-order valence-electron chi connectivity index (χ3n) is 3.53. The van der Waals surface area contributed by atoms with Gasteiger partial charge in [-0.1, -0.05) is 6.07 Å². The van der Waals surface area contributed by atoms with Crippen molar-refractivity contribution in [2.45, 2.75) is 52.6 Å². The van der Waals surface area contributed by atoms with Crippen LogP contribution in [0.15, 0.2) is 18.3 Å². The molecule has 0 saturated heterocycles. The van der Waals surface area contributed by atoms with Crippen molar-refractivity contribution in [2.24, 2.45) is 5.92 Å². The van der Waals surface area contributed by atoms with Crippen LogP contribution in [-0.2, 0) is 6.54 Å². The van der Waals surface area contributed by atoms with Crippen LogP contribution in [0.25, 0.3) is 0 Å². The van der Waals surface area contributed by atoms with Gasteiger partial charge in [0.2, 0.25) is 0 Å². The van der Waals surface area contributed by atoms with Crippen LogP contribution in [0.5, 0.6) is 0 Å². The second-order valence-electron chi connectivity index (χ2n) is 6.57. The molecule has 0 spiro atoms. The molecule has 0 amide bonds. The minimum Gasteiger partial charge on any atom is -0.356 e. The maximum Gasteiger partial charge on any atom is 0.133 e. The van der Waals surface area contributed by atoms with E-state index in [0.717, 1.165) is 31.4 Å². The summed E-state index contributed by atoms with van der Waals surface area (Å²) < 4.78 is 0. The van der Waals surface area contributed by atoms with Gasteiger partial charge in [0.05, 0.1) is 0 Å². The highest BCUT2D eigenvalue weighted by Crippen LogP contribution is 2.31. The maximum atomic E-state index is 4.62. The molecule has 1 fully saturated rings. The summed E-state index contributed by atoms with van der Waals surface area (Å²) in [4.78, 5) is 7.05. The Morgan fingerprint density at radius 3 is 2.68 bits per heavy atom. The Morgan fingerprint density at radius 2 is 2.11 bits per heavy atom. The van der Waals surface area contributed by atoms with Crippen molar-refractivity contribution in [2.75, 3.05) is 18.0 Å². The number of rotatable bonds is 6. The Labute approximate surface area is 117 Å². The summed E-state index contributed by atoms with van der Waals surface area (Å²) in [6.45, 7) is 11.9. The molecule has 2 rings (SSSR count). The topological polar surface area (TPSA) is 28.2 Å². The third-order valence-corrected chi connectivity index (χ3v) is 3.53. The summed E-state index contributed by atoms with van der Waals surface area (Å²) in [5, 5.41) is 3.56. The first kappa shape index (κ1) is 14.3. The normalized spacial score (nSPS) is 15.6. The zero-order valence-corrected chi connectivity index (χ0v) is 12.7. The molecule has 1 aliphatic carbocycles. The van der Waals surface area contributed by atoms with Gasteiger partial charge in [0.1, 0.15) is 5.82 Å². The monoisotopic (exact) mass is 261 g/mol. The van der Waals surface area contributed by atoms with Gasteiger partial charge in [0.25, 0.3) is 0 Å². The second-order valence-corrected chi connectivity index (χ2v) is 6.57. The molecule has 0 bridgehead atoms. The minimum atomic E-state index is 0.140. The standard InChI is InChI=1S/C16H27N3/c1-5-19(12-13-8-9-13)15-14(7-6-10-17-15)11-18-16(2,3)4/h6-7,10,13,18H,5,8-9,11-12H2,1-4H3. The molecule has 1 aromatic heterocycles. The van der Waals surface area contributed by atoms with E-state index in [-0.39, 0.29) is 5.54 Å². The van der Waals surface area contributed by atoms with E-state index in [2.05, 4.69) is 49.0 Å². The summed E-state index contributed by atoms with van der Waals surface area (Å²) in [7, 11) is 0. The Morgan fingerprint density at radius 1 is 1.37 bits per heavy atom. The van der Waals surface area contributed by atoms with Gasteiger partial charge < -0.3 is 10.2 Å². The molecule has 1 heterocycles. The van der Waals surface area contributed by atoms with Crippen LogP contribution in [0.3, 0.4) is 0 Å². The number of anilines is 1. The number of hydrogen-bond acceptors (Lipinski definition) is 3. The fourth-order valence-electron chi connectivity index (χ4n) is 2.19. The van der Waals surface area contributed by atoms with E-state index in [9.17, 15) is 0 Å². The predicted molar refractivity (Wildman–Crippen MR) is 81.4 cm³/mol. The molecule has 1 aromatic rings. The highest BCUT2D eigenvalue weighted by Gasteiger charge is 2.25. The molecule has 1 aliphatic rings. The molecule has 19 heavy (non-hydrogen) atoms. The quantitative estimate of drug-likeness (QED) is 0.852. The van der Waals surface area contributed by atoms with Gasteiger partial charge in [-0.15, -0.1) is 0 Å². The van der Waals surface area contributed by atoms with E-state index >= 15 is 0 Å². The van der Waals surface area contributed by atoms with Crippen LogP contribution < -0.4 is 10.2 Å². The first-order valence-corrected chi connectivity index (χ1v) is 7.43. The van der Waals surface area contributed by atoms with Crippen molar-refractivity contribution >= 4 is 5.82 Å². The largest absolute Gasteiger partial charge is 0.356 e. The molecule has 3 nitrogen and oxygen atoms in total. The Hall–Kier alpha value is -1.09. The number of pyridine rings is 1. The van der Waals surface area contributed by atoms with E-state index in [1.807, 2.05) is 12.3 Å². The predicted octanol–water partition coefficient (Wildman–Crippen LogP) is 3.21. The first-order chi connectivity index (χ1) is 8.99. The van der Waals surface area contributed by atoms with Crippen LogP contribution >= 0.6 is 0 Å². The summed E-state index contributed by atoms with van der Waals surface area (Å²) >= 11 is 0.